The van der Waals surface area contributed by atoms with E-state index in [-0.39, 0.29) is 17.9 Å². The standard InChI is InChI=1S/C17H21N3O3S/c21-16(20-5-1-6-20)11-19-7-2-12(3-8-19)18-17(22)15-10-13-14(24-15)4-9-23-13/h4,9-10,12H,1-3,5-8,11H2,(H,18,22). The average Bonchev–Trinajstić information content (AvgIpc) is 3.08. The number of hydrogen-bond acceptors (Lipinski definition) is 5. The number of nitrogens with one attached hydrogen (secondary N) is 1. The lowest BCUT2D eigenvalue weighted by molar-refractivity contribution is -0.136. The molecule has 2 aromatic heterocycles. The summed E-state index contributed by atoms with van der Waals surface area (Å²) in [5.74, 6) is 0.214. The van der Waals surface area contributed by atoms with Crippen LogP contribution in [0.3, 0.4) is 0 Å². The summed E-state index contributed by atoms with van der Waals surface area (Å²) in [6.07, 6.45) is 4.55. The van der Waals surface area contributed by atoms with E-state index >= 15 is 0 Å². The summed E-state index contributed by atoms with van der Waals surface area (Å²) in [5.41, 5.74) is 0.768. The molecular formula is C17H21N3O3S. The van der Waals surface area contributed by atoms with Crippen LogP contribution in [0, 0.1) is 0 Å². The van der Waals surface area contributed by atoms with E-state index in [2.05, 4.69) is 10.2 Å². The van der Waals surface area contributed by atoms with Crippen molar-refractivity contribution in [1.29, 1.82) is 0 Å². The third-order valence-corrected chi connectivity index (χ3v) is 5.93. The zero-order chi connectivity index (χ0) is 16.5. The molecule has 0 radical (unpaired) electrons. The predicted octanol–water partition coefficient (Wildman–Crippen LogP) is 1.92. The van der Waals surface area contributed by atoms with Crippen LogP contribution in [-0.2, 0) is 4.79 Å². The molecule has 4 heterocycles. The van der Waals surface area contributed by atoms with Crippen LogP contribution in [-0.4, -0.2) is 60.4 Å². The normalized spacial score (nSPS) is 19.4. The number of carbonyl (C=O) groups is 2. The van der Waals surface area contributed by atoms with Gasteiger partial charge in [0.15, 0.2) is 0 Å². The van der Waals surface area contributed by atoms with Gasteiger partial charge in [-0.15, -0.1) is 11.3 Å². The van der Waals surface area contributed by atoms with Crippen LogP contribution in [0.15, 0.2) is 22.8 Å². The highest BCUT2D eigenvalue weighted by molar-refractivity contribution is 7.20. The van der Waals surface area contributed by atoms with Crippen LogP contribution >= 0.6 is 11.3 Å². The number of amides is 2. The first kappa shape index (κ1) is 15.7. The Morgan fingerprint density at radius 1 is 1.25 bits per heavy atom. The highest BCUT2D eigenvalue weighted by Crippen LogP contribution is 2.26. The van der Waals surface area contributed by atoms with Crippen molar-refractivity contribution in [2.24, 2.45) is 0 Å². The van der Waals surface area contributed by atoms with Crippen molar-refractivity contribution < 1.29 is 14.0 Å². The number of thiophene rings is 1. The Labute approximate surface area is 144 Å². The Morgan fingerprint density at radius 2 is 2.04 bits per heavy atom. The fourth-order valence-electron chi connectivity index (χ4n) is 3.23. The molecule has 2 amide bonds. The molecule has 0 spiro atoms. The average molecular weight is 347 g/mol. The van der Waals surface area contributed by atoms with Crippen LogP contribution in [0.2, 0.25) is 0 Å². The number of furan rings is 1. The fourth-order valence-corrected chi connectivity index (χ4v) is 4.11. The van der Waals surface area contributed by atoms with Crippen LogP contribution in [0.5, 0.6) is 0 Å². The maximum Gasteiger partial charge on any atom is 0.261 e. The monoisotopic (exact) mass is 347 g/mol. The maximum atomic E-state index is 12.4. The summed E-state index contributed by atoms with van der Waals surface area (Å²) in [7, 11) is 0. The molecule has 2 aliphatic rings. The highest BCUT2D eigenvalue weighted by Gasteiger charge is 2.26. The maximum absolute atomic E-state index is 12.4. The van der Waals surface area contributed by atoms with Crippen molar-refractivity contribution in [1.82, 2.24) is 15.1 Å². The van der Waals surface area contributed by atoms with Gasteiger partial charge >= 0.3 is 0 Å². The van der Waals surface area contributed by atoms with Crippen molar-refractivity contribution in [3.63, 3.8) is 0 Å². The minimum atomic E-state index is -0.0264. The molecule has 7 heteroatoms. The van der Waals surface area contributed by atoms with Crippen molar-refractivity contribution in [2.45, 2.75) is 25.3 Å². The molecule has 2 aromatic rings. The number of fused-ring (bicyclic) bond motifs is 1. The third kappa shape index (κ3) is 3.18. The summed E-state index contributed by atoms with van der Waals surface area (Å²) >= 11 is 1.46. The van der Waals surface area contributed by atoms with Gasteiger partial charge in [-0.05, 0) is 25.3 Å². The van der Waals surface area contributed by atoms with E-state index in [0.717, 1.165) is 55.7 Å². The van der Waals surface area contributed by atoms with Gasteiger partial charge in [-0.3, -0.25) is 14.5 Å². The molecule has 4 rings (SSSR count). The number of rotatable bonds is 4. The number of likely N-dealkylation sites (tertiary alicyclic amines) is 2. The molecule has 2 saturated heterocycles. The van der Waals surface area contributed by atoms with Crippen LogP contribution < -0.4 is 5.32 Å². The Bertz CT molecular complexity index is 713. The van der Waals surface area contributed by atoms with E-state index in [9.17, 15) is 9.59 Å². The number of piperidine rings is 1. The molecule has 2 aliphatic heterocycles. The van der Waals surface area contributed by atoms with Crippen molar-refractivity contribution in [3.05, 3.63) is 23.3 Å². The first-order valence-electron chi connectivity index (χ1n) is 8.47. The molecule has 0 bridgehead atoms. The first-order chi connectivity index (χ1) is 11.7. The molecule has 0 aliphatic carbocycles. The zero-order valence-corrected chi connectivity index (χ0v) is 14.3. The van der Waals surface area contributed by atoms with E-state index in [1.165, 1.54) is 11.3 Å². The molecule has 1 N–H and O–H groups in total. The van der Waals surface area contributed by atoms with Crippen LogP contribution in [0.1, 0.15) is 28.9 Å². The molecule has 0 saturated carbocycles. The summed E-state index contributed by atoms with van der Waals surface area (Å²) in [6.45, 7) is 4.06. The van der Waals surface area contributed by atoms with E-state index in [1.807, 2.05) is 11.0 Å². The smallest absolute Gasteiger partial charge is 0.261 e. The summed E-state index contributed by atoms with van der Waals surface area (Å²) < 4.78 is 6.31. The van der Waals surface area contributed by atoms with E-state index in [1.54, 1.807) is 12.3 Å². The van der Waals surface area contributed by atoms with Gasteiger partial charge in [0.1, 0.15) is 5.58 Å². The highest BCUT2D eigenvalue weighted by atomic mass is 32.1. The molecule has 0 unspecified atom stereocenters. The molecule has 128 valence electrons. The van der Waals surface area contributed by atoms with Gasteiger partial charge < -0.3 is 14.6 Å². The minimum absolute atomic E-state index is 0.0264. The van der Waals surface area contributed by atoms with E-state index in [0.29, 0.717) is 11.4 Å². The van der Waals surface area contributed by atoms with E-state index < -0.39 is 0 Å². The number of carbonyl (C=O) groups excluding carboxylic acids is 2. The van der Waals surface area contributed by atoms with Crippen molar-refractivity contribution in [3.8, 4) is 0 Å². The van der Waals surface area contributed by atoms with Gasteiger partial charge in [0.25, 0.3) is 5.91 Å². The summed E-state index contributed by atoms with van der Waals surface area (Å²) in [5, 5.41) is 3.11. The van der Waals surface area contributed by atoms with E-state index in [4.69, 9.17) is 4.42 Å². The largest absolute Gasteiger partial charge is 0.463 e. The van der Waals surface area contributed by atoms with Crippen LogP contribution in [0.4, 0.5) is 0 Å². The van der Waals surface area contributed by atoms with Gasteiger partial charge in [0.05, 0.1) is 22.4 Å². The second-order valence-corrected chi connectivity index (χ2v) is 7.60. The second-order valence-electron chi connectivity index (χ2n) is 6.52. The molecular weight excluding hydrogens is 326 g/mol. The predicted molar refractivity (Wildman–Crippen MR) is 92.2 cm³/mol. The molecule has 6 nitrogen and oxygen atoms in total. The Morgan fingerprint density at radius 3 is 2.71 bits per heavy atom. The first-order valence-corrected chi connectivity index (χ1v) is 9.29. The molecule has 0 atom stereocenters. The second kappa shape index (κ2) is 6.57. The van der Waals surface area contributed by atoms with Crippen molar-refractivity contribution in [2.75, 3.05) is 32.7 Å². The summed E-state index contributed by atoms with van der Waals surface area (Å²) in [6, 6.07) is 3.86. The Balaban J connectivity index is 1.25. The number of hydrogen-bond donors (Lipinski definition) is 1. The Kier molecular flexibility index (Phi) is 4.28. The van der Waals surface area contributed by atoms with Gasteiger partial charge in [-0.2, -0.15) is 0 Å². The lowest BCUT2D eigenvalue weighted by atomic mass is 10.0. The lowest BCUT2D eigenvalue weighted by Crippen LogP contribution is -2.50. The molecule has 0 aromatic carbocycles. The van der Waals surface area contributed by atoms with Crippen LogP contribution in [0.25, 0.3) is 10.3 Å². The third-order valence-electron chi connectivity index (χ3n) is 4.85. The summed E-state index contributed by atoms with van der Waals surface area (Å²) in [4.78, 5) is 29.2. The van der Waals surface area contributed by atoms with Gasteiger partial charge in [-0.25, -0.2) is 0 Å². The quantitative estimate of drug-likeness (QED) is 0.918. The molecule has 2 fully saturated rings. The fraction of sp³-hybridized carbons (Fsp3) is 0.529. The van der Waals surface area contributed by atoms with Gasteiger partial charge in [0, 0.05) is 38.3 Å². The minimum Gasteiger partial charge on any atom is -0.463 e. The topological polar surface area (TPSA) is 65.8 Å². The number of nitrogens with zero attached hydrogens (tertiary/aromatic N) is 2. The molecule has 24 heavy (non-hydrogen) atoms. The lowest BCUT2D eigenvalue weighted by Gasteiger charge is -2.36. The van der Waals surface area contributed by atoms with Gasteiger partial charge in [-0.1, -0.05) is 0 Å². The Hall–Kier alpha value is -1.86. The van der Waals surface area contributed by atoms with Gasteiger partial charge in [0.2, 0.25) is 5.91 Å². The van der Waals surface area contributed by atoms with Crippen molar-refractivity contribution >= 4 is 33.4 Å². The zero-order valence-electron chi connectivity index (χ0n) is 13.5. The SMILES string of the molecule is O=C(NC1CCN(CC(=O)N2CCC2)CC1)c1cc2occc2s1.